The number of aromatic nitrogens is 2. The highest BCUT2D eigenvalue weighted by atomic mass is 19.3. The number of ether oxygens (including phenoxy) is 2. The van der Waals surface area contributed by atoms with Crippen LogP contribution >= 0.6 is 0 Å². The minimum atomic E-state index is -3.79. The van der Waals surface area contributed by atoms with Gasteiger partial charge in [-0.15, -0.1) is 0 Å². The van der Waals surface area contributed by atoms with E-state index in [1.165, 1.54) is 6.07 Å². The van der Waals surface area contributed by atoms with E-state index in [-0.39, 0.29) is 12.1 Å². The molecule has 0 bridgehead atoms. The first-order chi connectivity index (χ1) is 11.5. The van der Waals surface area contributed by atoms with Gasteiger partial charge in [-0.2, -0.15) is 13.8 Å². The average molecular weight is 362 g/mol. The lowest BCUT2D eigenvalue weighted by atomic mass is 10.1. The van der Waals surface area contributed by atoms with Crippen molar-refractivity contribution in [2.75, 3.05) is 6.61 Å². The summed E-state index contributed by atoms with van der Waals surface area (Å²) in [5.74, 6) is -4.40. The van der Waals surface area contributed by atoms with Gasteiger partial charge in [0.1, 0.15) is 11.7 Å². The Hall–Kier alpha value is -1.91. The smallest absolute Gasteiger partial charge is 0.350 e. The molecule has 0 saturated carbocycles. The number of carbonyl (C=O) groups excluding carboxylic acids is 1. The molecule has 2 heterocycles. The van der Waals surface area contributed by atoms with Gasteiger partial charge >= 0.3 is 17.6 Å². The first-order valence-electron chi connectivity index (χ1n) is 7.58. The molecule has 1 aliphatic rings. The zero-order valence-electron chi connectivity index (χ0n) is 14.0. The minimum absolute atomic E-state index is 0.0519. The van der Waals surface area contributed by atoms with Gasteiger partial charge in [0.25, 0.3) is 0 Å². The molecule has 10 heteroatoms. The Labute approximate surface area is 142 Å². The second-order valence-electron chi connectivity index (χ2n) is 6.70. The van der Waals surface area contributed by atoms with Crippen LogP contribution in [0.25, 0.3) is 0 Å². The number of halogens is 2. The standard InChI is InChI=1S/C15H20F2N2O6/c1-14(2,3)25-10(21)6-8-4-5-19(13(23)18-8)12-15(16,17)11(22)9(7-20)24-12/h4-5,9,11-12,20,22H,6-7H2,1-3H3/t9-,11-,12-/m1/s1. The van der Waals surface area contributed by atoms with Crippen molar-refractivity contribution >= 4 is 5.97 Å². The first kappa shape index (κ1) is 19.4. The number of carbonyl (C=O) groups is 1. The molecule has 25 heavy (non-hydrogen) atoms. The van der Waals surface area contributed by atoms with E-state index in [0.29, 0.717) is 4.57 Å². The summed E-state index contributed by atoms with van der Waals surface area (Å²) in [6, 6.07) is 1.21. The molecule has 0 unspecified atom stereocenters. The molecular weight excluding hydrogens is 342 g/mol. The highest BCUT2D eigenvalue weighted by Crippen LogP contribution is 2.41. The van der Waals surface area contributed by atoms with E-state index < -0.39 is 48.2 Å². The molecule has 140 valence electrons. The lowest BCUT2D eigenvalue weighted by Crippen LogP contribution is -2.42. The molecule has 1 fully saturated rings. The lowest BCUT2D eigenvalue weighted by molar-refractivity contribution is -0.154. The lowest BCUT2D eigenvalue weighted by Gasteiger charge is -2.21. The highest BCUT2D eigenvalue weighted by molar-refractivity contribution is 5.72. The largest absolute Gasteiger partial charge is 0.460 e. The van der Waals surface area contributed by atoms with Crippen LogP contribution in [0.5, 0.6) is 0 Å². The van der Waals surface area contributed by atoms with E-state index in [4.69, 9.17) is 14.6 Å². The molecule has 3 atom stereocenters. The van der Waals surface area contributed by atoms with Crippen LogP contribution in [-0.2, 0) is 20.7 Å². The molecule has 8 nitrogen and oxygen atoms in total. The zero-order valence-corrected chi connectivity index (χ0v) is 14.0. The van der Waals surface area contributed by atoms with E-state index >= 15 is 0 Å². The number of aliphatic hydroxyl groups excluding tert-OH is 2. The fourth-order valence-corrected chi connectivity index (χ4v) is 2.37. The number of nitrogens with zero attached hydrogens (tertiary/aromatic N) is 2. The number of aliphatic hydroxyl groups is 2. The predicted octanol–water partition coefficient (Wildman–Crippen LogP) is 0.0134. The summed E-state index contributed by atoms with van der Waals surface area (Å²) in [6.07, 6.45) is -5.17. The van der Waals surface area contributed by atoms with Crippen molar-refractivity contribution in [3.05, 3.63) is 28.4 Å². The van der Waals surface area contributed by atoms with Gasteiger partial charge in [0.05, 0.1) is 18.7 Å². The van der Waals surface area contributed by atoms with Crippen molar-refractivity contribution in [3.8, 4) is 0 Å². The quantitative estimate of drug-likeness (QED) is 0.726. The second-order valence-corrected chi connectivity index (χ2v) is 6.70. The highest BCUT2D eigenvalue weighted by Gasteiger charge is 2.59. The molecular formula is C15H20F2N2O6. The Morgan fingerprint density at radius 2 is 2.12 bits per heavy atom. The van der Waals surface area contributed by atoms with Gasteiger partial charge in [-0.25, -0.2) is 4.79 Å². The Balaban J connectivity index is 2.20. The fourth-order valence-electron chi connectivity index (χ4n) is 2.37. The SMILES string of the molecule is CC(C)(C)OC(=O)Cc1ccn([C@@H]2O[C@H](CO)[C@@H](O)C2(F)F)c(=O)n1. The summed E-state index contributed by atoms with van der Waals surface area (Å²) < 4.78 is 38.6. The van der Waals surface area contributed by atoms with Crippen molar-refractivity contribution in [2.24, 2.45) is 0 Å². The molecule has 0 aliphatic carbocycles. The van der Waals surface area contributed by atoms with Crippen LogP contribution in [0.4, 0.5) is 8.78 Å². The van der Waals surface area contributed by atoms with Gasteiger partial charge in [0, 0.05) is 6.20 Å². The van der Waals surface area contributed by atoms with Gasteiger partial charge < -0.3 is 19.7 Å². The van der Waals surface area contributed by atoms with Gasteiger partial charge in [-0.3, -0.25) is 9.36 Å². The van der Waals surface area contributed by atoms with Crippen LogP contribution in [0.2, 0.25) is 0 Å². The summed E-state index contributed by atoms with van der Waals surface area (Å²) in [6.45, 7) is 4.21. The number of rotatable bonds is 4. The van der Waals surface area contributed by atoms with Gasteiger partial charge in [-0.05, 0) is 26.8 Å². The maximum Gasteiger partial charge on any atom is 0.350 e. The second kappa shape index (κ2) is 6.77. The Bertz CT molecular complexity index is 700. The third-order valence-corrected chi connectivity index (χ3v) is 3.45. The van der Waals surface area contributed by atoms with E-state index in [1.54, 1.807) is 20.8 Å². The van der Waals surface area contributed by atoms with Crippen LogP contribution in [0.1, 0.15) is 32.7 Å². The number of alkyl halides is 2. The predicted molar refractivity (Wildman–Crippen MR) is 80.0 cm³/mol. The van der Waals surface area contributed by atoms with Crippen molar-refractivity contribution < 1.29 is 33.3 Å². The van der Waals surface area contributed by atoms with Gasteiger partial charge in [0.2, 0.25) is 6.23 Å². The average Bonchev–Trinajstić information content (AvgIpc) is 2.68. The molecule has 0 spiro atoms. The molecule has 1 aliphatic heterocycles. The van der Waals surface area contributed by atoms with Crippen molar-refractivity contribution in [1.82, 2.24) is 9.55 Å². The van der Waals surface area contributed by atoms with Gasteiger partial charge in [0.15, 0.2) is 6.10 Å². The Morgan fingerprint density at radius 3 is 2.60 bits per heavy atom. The van der Waals surface area contributed by atoms with Crippen LogP contribution in [0.15, 0.2) is 17.1 Å². The molecule has 0 radical (unpaired) electrons. The molecule has 1 aromatic rings. The van der Waals surface area contributed by atoms with Crippen molar-refractivity contribution in [1.29, 1.82) is 0 Å². The van der Waals surface area contributed by atoms with Gasteiger partial charge in [-0.1, -0.05) is 0 Å². The zero-order chi connectivity index (χ0) is 19.0. The summed E-state index contributed by atoms with van der Waals surface area (Å²) in [5, 5.41) is 18.5. The summed E-state index contributed by atoms with van der Waals surface area (Å²) >= 11 is 0. The van der Waals surface area contributed by atoms with E-state index in [0.717, 1.165) is 6.20 Å². The summed E-state index contributed by atoms with van der Waals surface area (Å²) in [7, 11) is 0. The number of esters is 1. The third kappa shape index (κ3) is 4.20. The third-order valence-electron chi connectivity index (χ3n) is 3.45. The van der Waals surface area contributed by atoms with E-state index in [1.807, 2.05) is 0 Å². The van der Waals surface area contributed by atoms with Crippen LogP contribution in [-0.4, -0.2) is 56.1 Å². The topological polar surface area (TPSA) is 111 Å². The Kier molecular flexibility index (Phi) is 5.26. The minimum Gasteiger partial charge on any atom is -0.460 e. The first-order valence-corrected chi connectivity index (χ1v) is 7.58. The van der Waals surface area contributed by atoms with E-state index in [2.05, 4.69) is 4.98 Å². The molecule has 2 N–H and O–H groups in total. The normalized spacial score (nSPS) is 25.8. The van der Waals surface area contributed by atoms with Crippen molar-refractivity contribution in [3.63, 3.8) is 0 Å². The number of hydrogen-bond donors (Lipinski definition) is 2. The molecule has 0 amide bonds. The van der Waals surface area contributed by atoms with E-state index in [9.17, 15) is 23.5 Å². The van der Waals surface area contributed by atoms with Crippen LogP contribution < -0.4 is 5.69 Å². The maximum absolute atomic E-state index is 14.1. The molecule has 1 aromatic heterocycles. The number of hydrogen-bond acceptors (Lipinski definition) is 7. The maximum atomic E-state index is 14.1. The van der Waals surface area contributed by atoms with Crippen LogP contribution in [0.3, 0.4) is 0 Å². The fraction of sp³-hybridized carbons (Fsp3) is 0.667. The molecule has 0 aromatic carbocycles. The van der Waals surface area contributed by atoms with Crippen molar-refractivity contribution in [2.45, 2.75) is 57.2 Å². The van der Waals surface area contributed by atoms with Crippen LogP contribution in [0, 0.1) is 0 Å². The summed E-state index contributed by atoms with van der Waals surface area (Å²) in [4.78, 5) is 27.3. The molecule has 1 saturated heterocycles. The molecule has 2 rings (SSSR count). The monoisotopic (exact) mass is 362 g/mol. The Morgan fingerprint density at radius 1 is 1.48 bits per heavy atom. The summed E-state index contributed by atoms with van der Waals surface area (Å²) in [5.41, 5.74) is -1.73.